The van der Waals surface area contributed by atoms with E-state index in [1.54, 1.807) is 0 Å². The summed E-state index contributed by atoms with van der Waals surface area (Å²) >= 11 is 0. The van der Waals surface area contributed by atoms with E-state index in [2.05, 4.69) is 6.92 Å². The third-order valence-corrected chi connectivity index (χ3v) is 4.36. The first-order valence-corrected chi connectivity index (χ1v) is 11.7. The average molecular weight is 404 g/mol. The van der Waals surface area contributed by atoms with Crippen LogP contribution in [0, 0.1) is 0 Å². The second-order valence-corrected chi connectivity index (χ2v) is 7.32. The van der Waals surface area contributed by atoms with Crippen molar-refractivity contribution in [2.75, 3.05) is 26.2 Å². The van der Waals surface area contributed by atoms with E-state index in [9.17, 15) is 4.79 Å². The van der Waals surface area contributed by atoms with Crippen molar-refractivity contribution in [3.63, 3.8) is 0 Å². The SMILES string of the molecule is CCCCCCCCCCCCCCCCCC(N)=O.NCCN.NCCN. The minimum absolute atomic E-state index is 0.153. The molecular formula is C22H53N5O. The number of nitrogens with two attached hydrogens (primary N) is 5. The second kappa shape index (κ2) is 33.9. The van der Waals surface area contributed by atoms with Crippen LogP contribution in [-0.2, 0) is 4.79 Å². The van der Waals surface area contributed by atoms with Gasteiger partial charge in [0.2, 0.25) is 5.91 Å². The highest BCUT2D eigenvalue weighted by atomic mass is 16.1. The summed E-state index contributed by atoms with van der Waals surface area (Å²) in [6.07, 6.45) is 20.9. The maximum atomic E-state index is 10.6. The maximum Gasteiger partial charge on any atom is 0.217 e. The molecule has 28 heavy (non-hydrogen) atoms. The van der Waals surface area contributed by atoms with E-state index in [0.29, 0.717) is 32.6 Å². The Kier molecular flexibility index (Phi) is 38.7. The van der Waals surface area contributed by atoms with Crippen molar-refractivity contribution in [3.05, 3.63) is 0 Å². The molecule has 0 saturated heterocycles. The van der Waals surface area contributed by atoms with Gasteiger partial charge in [-0.05, 0) is 6.42 Å². The molecule has 0 aliphatic rings. The average Bonchev–Trinajstić information content (AvgIpc) is 2.71. The molecule has 0 aliphatic heterocycles. The highest BCUT2D eigenvalue weighted by Crippen LogP contribution is 2.13. The minimum atomic E-state index is -0.153. The first-order valence-electron chi connectivity index (χ1n) is 11.7. The van der Waals surface area contributed by atoms with Gasteiger partial charge in [-0.1, -0.05) is 96.8 Å². The lowest BCUT2D eigenvalue weighted by Crippen LogP contribution is -2.11. The molecule has 1 amide bonds. The zero-order chi connectivity index (χ0) is 21.7. The molecule has 0 aliphatic carbocycles. The van der Waals surface area contributed by atoms with Crippen LogP contribution in [0.4, 0.5) is 0 Å². The number of primary amides is 1. The molecule has 6 heteroatoms. The highest BCUT2D eigenvalue weighted by molar-refractivity contribution is 5.73. The third kappa shape index (κ3) is 44.6. The molecule has 0 aromatic carbocycles. The van der Waals surface area contributed by atoms with Gasteiger partial charge in [0, 0.05) is 32.6 Å². The molecule has 6 nitrogen and oxygen atoms in total. The monoisotopic (exact) mass is 403 g/mol. The van der Waals surface area contributed by atoms with Gasteiger partial charge >= 0.3 is 0 Å². The van der Waals surface area contributed by atoms with Crippen LogP contribution in [0.15, 0.2) is 0 Å². The van der Waals surface area contributed by atoms with Crippen LogP contribution < -0.4 is 28.7 Å². The molecule has 0 aromatic heterocycles. The molecule has 0 rings (SSSR count). The lowest BCUT2D eigenvalue weighted by Gasteiger charge is -2.03. The molecule has 172 valence electrons. The summed E-state index contributed by atoms with van der Waals surface area (Å²) in [4.78, 5) is 10.6. The molecule has 0 aromatic rings. The van der Waals surface area contributed by atoms with E-state index in [1.165, 1.54) is 89.9 Å². The third-order valence-electron chi connectivity index (χ3n) is 4.36. The summed E-state index contributed by atoms with van der Waals surface area (Å²) in [7, 11) is 0. The van der Waals surface area contributed by atoms with Gasteiger partial charge in [0.05, 0.1) is 0 Å². The molecule has 0 bridgehead atoms. The van der Waals surface area contributed by atoms with Crippen LogP contribution in [0.25, 0.3) is 0 Å². The predicted molar refractivity (Wildman–Crippen MR) is 125 cm³/mol. The molecule has 0 fully saturated rings. The summed E-state index contributed by atoms with van der Waals surface area (Å²) in [5.41, 5.74) is 24.7. The summed E-state index contributed by atoms with van der Waals surface area (Å²) in [5.74, 6) is -0.153. The van der Waals surface area contributed by atoms with Gasteiger partial charge in [0.25, 0.3) is 0 Å². The van der Waals surface area contributed by atoms with E-state index in [-0.39, 0.29) is 5.91 Å². The number of rotatable bonds is 18. The van der Waals surface area contributed by atoms with Gasteiger partial charge in [0.1, 0.15) is 0 Å². The molecule has 0 radical (unpaired) electrons. The quantitative estimate of drug-likeness (QED) is 0.222. The van der Waals surface area contributed by atoms with Crippen molar-refractivity contribution in [2.45, 2.75) is 110 Å². The zero-order valence-electron chi connectivity index (χ0n) is 18.9. The fourth-order valence-electron chi connectivity index (χ4n) is 2.67. The summed E-state index contributed by atoms with van der Waals surface area (Å²) in [6, 6.07) is 0. The Morgan fingerprint density at radius 2 is 0.750 bits per heavy atom. The number of hydrogen-bond acceptors (Lipinski definition) is 5. The van der Waals surface area contributed by atoms with E-state index < -0.39 is 0 Å². The number of hydrogen-bond donors (Lipinski definition) is 5. The number of amides is 1. The van der Waals surface area contributed by atoms with Crippen LogP contribution in [0.1, 0.15) is 110 Å². The largest absolute Gasteiger partial charge is 0.370 e. The van der Waals surface area contributed by atoms with Crippen LogP contribution >= 0.6 is 0 Å². The van der Waals surface area contributed by atoms with Crippen molar-refractivity contribution in [3.8, 4) is 0 Å². The lowest BCUT2D eigenvalue weighted by atomic mass is 10.0. The first-order chi connectivity index (χ1) is 13.6. The van der Waals surface area contributed by atoms with Crippen LogP contribution in [0.5, 0.6) is 0 Å². The van der Waals surface area contributed by atoms with Gasteiger partial charge in [-0.25, -0.2) is 0 Å². The van der Waals surface area contributed by atoms with Gasteiger partial charge in [0.15, 0.2) is 0 Å². The predicted octanol–water partition coefficient (Wildman–Crippen LogP) is 3.54. The molecule has 0 atom stereocenters. The fourth-order valence-corrected chi connectivity index (χ4v) is 2.67. The van der Waals surface area contributed by atoms with Gasteiger partial charge in [-0.15, -0.1) is 0 Å². The highest BCUT2D eigenvalue weighted by Gasteiger charge is 1.96. The van der Waals surface area contributed by atoms with E-state index in [4.69, 9.17) is 28.7 Å². The second-order valence-electron chi connectivity index (χ2n) is 7.32. The zero-order valence-corrected chi connectivity index (χ0v) is 18.9. The van der Waals surface area contributed by atoms with Crippen LogP contribution in [-0.4, -0.2) is 32.1 Å². The van der Waals surface area contributed by atoms with Crippen molar-refractivity contribution < 1.29 is 4.79 Å². The Hall–Kier alpha value is -0.690. The lowest BCUT2D eigenvalue weighted by molar-refractivity contribution is -0.118. The minimum Gasteiger partial charge on any atom is -0.370 e. The van der Waals surface area contributed by atoms with E-state index >= 15 is 0 Å². The molecule has 10 N–H and O–H groups in total. The summed E-state index contributed by atoms with van der Waals surface area (Å²) < 4.78 is 0. The summed E-state index contributed by atoms with van der Waals surface area (Å²) in [6.45, 7) is 4.66. The van der Waals surface area contributed by atoms with Gasteiger partial charge < -0.3 is 28.7 Å². The Labute approximate surface area is 175 Å². The van der Waals surface area contributed by atoms with Crippen LogP contribution in [0.2, 0.25) is 0 Å². The van der Waals surface area contributed by atoms with Gasteiger partial charge in [-0.2, -0.15) is 0 Å². The van der Waals surface area contributed by atoms with Crippen molar-refractivity contribution in [1.29, 1.82) is 0 Å². The van der Waals surface area contributed by atoms with Crippen LogP contribution in [0.3, 0.4) is 0 Å². The molecule has 0 saturated carbocycles. The smallest absolute Gasteiger partial charge is 0.217 e. The standard InChI is InChI=1S/C18H37NO.2C2H8N2/c1-2-3-4-5-6-7-8-9-10-11-12-13-14-15-16-17-18(19)20;2*3-1-2-4/h2-17H2,1H3,(H2,19,20);2*1-4H2. The number of unbranched alkanes of at least 4 members (excludes halogenated alkanes) is 14. The molecule has 0 spiro atoms. The molecule has 0 heterocycles. The molecular weight excluding hydrogens is 350 g/mol. The Balaban J connectivity index is -0.000000656. The van der Waals surface area contributed by atoms with E-state index in [0.717, 1.165) is 6.42 Å². The normalized spacial score (nSPS) is 9.89. The van der Waals surface area contributed by atoms with E-state index in [1.807, 2.05) is 0 Å². The fraction of sp³-hybridized carbons (Fsp3) is 0.955. The maximum absolute atomic E-state index is 10.6. The topological polar surface area (TPSA) is 147 Å². The van der Waals surface area contributed by atoms with Crippen molar-refractivity contribution >= 4 is 5.91 Å². The first kappa shape index (κ1) is 32.0. The number of carbonyl (C=O) groups excluding carboxylic acids is 1. The Morgan fingerprint density at radius 3 is 0.964 bits per heavy atom. The molecule has 0 unspecified atom stereocenters. The summed E-state index contributed by atoms with van der Waals surface area (Å²) in [5, 5.41) is 0. The Morgan fingerprint density at radius 1 is 0.500 bits per heavy atom. The van der Waals surface area contributed by atoms with Gasteiger partial charge in [-0.3, -0.25) is 4.79 Å². The van der Waals surface area contributed by atoms with Crippen molar-refractivity contribution in [1.82, 2.24) is 0 Å². The van der Waals surface area contributed by atoms with Crippen molar-refractivity contribution in [2.24, 2.45) is 28.7 Å². The number of carbonyl (C=O) groups is 1. The Bertz CT molecular complexity index is 257.